The molecule has 0 amide bonds. The quantitative estimate of drug-likeness (QED) is 0.528. The van der Waals surface area contributed by atoms with E-state index in [0.717, 1.165) is 26.2 Å². The topological polar surface area (TPSA) is 95.4 Å². The lowest BCUT2D eigenvalue weighted by Gasteiger charge is -2.29. The van der Waals surface area contributed by atoms with Crippen LogP contribution in [0.4, 0.5) is 33.1 Å². The number of hydrogen-bond acceptors (Lipinski definition) is 7. The number of nitrogens with one attached hydrogen (secondary N) is 3. The maximum absolute atomic E-state index is 14.6. The van der Waals surface area contributed by atoms with Crippen molar-refractivity contribution in [2.45, 2.75) is 19.9 Å². The predicted octanol–water partition coefficient (Wildman–Crippen LogP) is 3.10. The van der Waals surface area contributed by atoms with Crippen molar-refractivity contribution in [2.75, 3.05) is 41.7 Å². The minimum atomic E-state index is -0.514. The van der Waals surface area contributed by atoms with Crippen molar-refractivity contribution in [3.8, 4) is 0 Å². The van der Waals surface area contributed by atoms with E-state index < -0.39 is 4.92 Å². The molecule has 1 aliphatic heterocycles. The van der Waals surface area contributed by atoms with Crippen molar-refractivity contribution < 1.29 is 9.31 Å². The van der Waals surface area contributed by atoms with Crippen LogP contribution in [0.3, 0.4) is 0 Å². The van der Waals surface area contributed by atoms with E-state index >= 15 is 0 Å². The Morgan fingerprint density at radius 2 is 2.00 bits per heavy atom. The van der Waals surface area contributed by atoms with Gasteiger partial charge in [-0.3, -0.25) is 10.1 Å². The van der Waals surface area contributed by atoms with Crippen molar-refractivity contribution in [1.29, 1.82) is 0 Å². The minimum Gasteiger partial charge on any atom is -0.368 e. The second kappa shape index (κ2) is 8.17. The molecule has 1 aromatic carbocycles. The number of halogens is 1. The fourth-order valence-electron chi connectivity index (χ4n) is 2.95. The molecule has 3 N–H and O–H groups in total. The molecular formula is C18H23FN6O2. The number of rotatable bonds is 6. The largest absolute Gasteiger partial charge is 0.368 e. The normalized spacial score (nSPS) is 14.3. The summed E-state index contributed by atoms with van der Waals surface area (Å²) in [7, 11) is 0. The first-order valence-electron chi connectivity index (χ1n) is 8.88. The molecule has 0 aliphatic carbocycles. The summed E-state index contributed by atoms with van der Waals surface area (Å²) in [5.74, 6) is 0.206. The second-order valence-corrected chi connectivity index (χ2v) is 6.65. The third-order valence-corrected chi connectivity index (χ3v) is 4.18. The van der Waals surface area contributed by atoms with Gasteiger partial charge in [-0.05, 0) is 38.1 Å². The second-order valence-electron chi connectivity index (χ2n) is 6.65. The summed E-state index contributed by atoms with van der Waals surface area (Å²) >= 11 is 0. The summed E-state index contributed by atoms with van der Waals surface area (Å²) in [5, 5.41) is 20.5. The molecule has 0 unspecified atom stereocenters. The number of pyridine rings is 1. The summed E-state index contributed by atoms with van der Waals surface area (Å²) in [6, 6.07) is 7.79. The van der Waals surface area contributed by atoms with E-state index in [0.29, 0.717) is 17.2 Å². The molecule has 9 heteroatoms. The smallest absolute Gasteiger partial charge is 0.311 e. The Hall–Kier alpha value is -2.94. The summed E-state index contributed by atoms with van der Waals surface area (Å²) in [4.78, 5) is 17.0. The van der Waals surface area contributed by atoms with Gasteiger partial charge in [0.25, 0.3) is 0 Å². The molecule has 3 rings (SSSR count). The zero-order chi connectivity index (χ0) is 19.4. The first kappa shape index (κ1) is 18.8. The molecule has 2 aromatic rings. The van der Waals surface area contributed by atoms with Crippen LogP contribution in [0.5, 0.6) is 0 Å². The van der Waals surface area contributed by atoms with Gasteiger partial charge in [0.05, 0.1) is 10.6 Å². The monoisotopic (exact) mass is 374 g/mol. The van der Waals surface area contributed by atoms with Crippen molar-refractivity contribution in [3.63, 3.8) is 0 Å². The van der Waals surface area contributed by atoms with Gasteiger partial charge in [0.2, 0.25) is 5.82 Å². The first-order valence-corrected chi connectivity index (χ1v) is 8.88. The van der Waals surface area contributed by atoms with E-state index in [1.165, 1.54) is 12.1 Å². The highest BCUT2D eigenvalue weighted by molar-refractivity contribution is 5.69. The van der Waals surface area contributed by atoms with Crippen LogP contribution in [0.1, 0.15) is 13.8 Å². The summed E-state index contributed by atoms with van der Waals surface area (Å²) in [5.41, 5.74) is 0.763. The maximum Gasteiger partial charge on any atom is 0.311 e. The van der Waals surface area contributed by atoms with Gasteiger partial charge in [-0.15, -0.1) is 0 Å². The highest BCUT2D eigenvalue weighted by Crippen LogP contribution is 2.30. The molecule has 1 saturated heterocycles. The van der Waals surface area contributed by atoms with Gasteiger partial charge in [-0.25, -0.2) is 9.37 Å². The van der Waals surface area contributed by atoms with Crippen LogP contribution in [0, 0.1) is 15.9 Å². The molecule has 0 spiro atoms. The molecule has 27 heavy (non-hydrogen) atoms. The van der Waals surface area contributed by atoms with Gasteiger partial charge in [-0.1, -0.05) is 0 Å². The number of nitro groups is 1. The fourth-order valence-corrected chi connectivity index (χ4v) is 2.95. The molecule has 0 atom stereocenters. The van der Waals surface area contributed by atoms with E-state index in [2.05, 4.69) is 20.9 Å². The average molecular weight is 374 g/mol. The number of piperazine rings is 1. The van der Waals surface area contributed by atoms with Crippen LogP contribution in [0.2, 0.25) is 0 Å². The van der Waals surface area contributed by atoms with Gasteiger partial charge in [-0.2, -0.15) is 0 Å². The number of hydrogen-bond donors (Lipinski definition) is 3. The average Bonchev–Trinajstić information content (AvgIpc) is 2.62. The lowest BCUT2D eigenvalue weighted by atomic mass is 10.2. The Kier molecular flexibility index (Phi) is 5.70. The highest BCUT2D eigenvalue weighted by atomic mass is 19.1. The summed E-state index contributed by atoms with van der Waals surface area (Å²) in [6.07, 6.45) is 0. The first-order chi connectivity index (χ1) is 12.9. The number of nitrogens with zero attached hydrogens (tertiary/aromatic N) is 3. The Labute approximate surface area is 156 Å². The fraction of sp³-hybridized carbons (Fsp3) is 0.389. The SMILES string of the molecule is CC(C)Nc1ccc([N+](=O)[O-])c(Nc2ccc(N3CCNCC3)c(F)c2)n1. The Bertz CT molecular complexity index is 823. The Morgan fingerprint density at radius 1 is 1.26 bits per heavy atom. The maximum atomic E-state index is 14.6. The highest BCUT2D eigenvalue weighted by Gasteiger charge is 2.19. The molecule has 1 aromatic heterocycles. The zero-order valence-corrected chi connectivity index (χ0v) is 15.3. The molecule has 2 heterocycles. The van der Waals surface area contributed by atoms with E-state index in [1.807, 2.05) is 18.7 Å². The summed E-state index contributed by atoms with van der Waals surface area (Å²) in [6.45, 7) is 6.98. The van der Waals surface area contributed by atoms with Crippen LogP contribution in [0.15, 0.2) is 30.3 Å². The zero-order valence-electron chi connectivity index (χ0n) is 15.3. The number of aromatic nitrogens is 1. The van der Waals surface area contributed by atoms with Crippen molar-refractivity contribution in [3.05, 3.63) is 46.3 Å². The van der Waals surface area contributed by atoms with Gasteiger partial charge < -0.3 is 20.9 Å². The molecule has 144 valence electrons. The molecule has 0 bridgehead atoms. The van der Waals surface area contributed by atoms with E-state index in [4.69, 9.17) is 0 Å². The predicted molar refractivity (Wildman–Crippen MR) is 104 cm³/mol. The molecule has 1 fully saturated rings. The minimum absolute atomic E-state index is 0.0694. The molecular weight excluding hydrogens is 351 g/mol. The lowest BCUT2D eigenvalue weighted by Crippen LogP contribution is -2.43. The van der Waals surface area contributed by atoms with Crippen molar-refractivity contribution in [1.82, 2.24) is 10.3 Å². The third-order valence-electron chi connectivity index (χ3n) is 4.18. The number of anilines is 4. The molecule has 1 aliphatic rings. The van der Waals surface area contributed by atoms with Crippen LogP contribution < -0.4 is 20.9 Å². The van der Waals surface area contributed by atoms with Crippen molar-refractivity contribution in [2.24, 2.45) is 0 Å². The Balaban J connectivity index is 1.85. The van der Waals surface area contributed by atoms with Crippen LogP contribution in [-0.4, -0.2) is 42.1 Å². The van der Waals surface area contributed by atoms with E-state index in [1.54, 1.807) is 18.2 Å². The van der Waals surface area contributed by atoms with E-state index in [-0.39, 0.29) is 23.4 Å². The van der Waals surface area contributed by atoms with Crippen LogP contribution in [-0.2, 0) is 0 Å². The van der Waals surface area contributed by atoms with Crippen LogP contribution in [0.25, 0.3) is 0 Å². The number of benzene rings is 1. The van der Waals surface area contributed by atoms with Crippen LogP contribution >= 0.6 is 0 Å². The summed E-state index contributed by atoms with van der Waals surface area (Å²) < 4.78 is 14.6. The van der Waals surface area contributed by atoms with Crippen molar-refractivity contribution >= 4 is 28.7 Å². The van der Waals surface area contributed by atoms with Gasteiger partial charge >= 0.3 is 5.69 Å². The third kappa shape index (κ3) is 4.62. The molecule has 0 saturated carbocycles. The lowest BCUT2D eigenvalue weighted by molar-refractivity contribution is -0.384. The molecule has 8 nitrogen and oxygen atoms in total. The van der Waals surface area contributed by atoms with Gasteiger partial charge in [0, 0.05) is 44.0 Å². The van der Waals surface area contributed by atoms with E-state index in [9.17, 15) is 14.5 Å². The van der Waals surface area contributed by atoms with Gasteiger partial charge in [0.15, 0.2) is 0 Å². The molecule has 0 radical (unpaired) electrons. The Morgan fingerprint density at radius 3 is 2.63 bits per heavy atom. The van der Waals surface area contributed by atoms with Gasteiger partial charge in [0.1, 0.15) is 11.6 Å². The standard InChI is InChI=1S/C18H23FN6O2/c1-12(2)21-17-6-5-16(25(26)27)18(23-17)22-13-3-4-15(14(19)11-13)24-9-7-20-8-10-24/h3-6,11-12,20H,7-10H2,1-2H3,(H2,21,22,23).